The molecule has 0 spiro atoms. The van der Waals surface area contributed by atoms with Crippen molar-refractivity contribution in [1.82, 2.24) is 0 Å². The normalized spacial score (nSPS) is 11.1. The summed E-state index contributed by atoms with van der Waals surface area (Å²) in [6.07, 6.45) is 0. The average molecular weight is 388 g/mol. The molecule has 0 radical (unpaired) electrons. The number of anilines is 1. The summed E-state index contributed by atoms with van der Waals surface area (Å²) in [6.45, 7) is 0.457. The van der Waals surface area contributed by atoms with Gasteiger partial charge in [0.25, 0.3) is 0 Å². The second-order valence-electron chi connectivity index (χ2n) is 5.75. The number of ether oxygens (including phenoxy) is 1. The molecule has 0 saturated carbocycles. The van der Waals surface area contributed by atoms with E-state index in [2.05, 4.69) is 4.72 Å². The molecular weight excluding hydrogens is 370 g/mol. The SMILES string of the molecule is O=S(=O)(Cc1ccccc1Cl)Nc1ccc(OCc2ccccc2)cc1. The number of rotatable bonds is 7. The van der Waals surface area contributed by atoms with E-state index in [1.807, 2.05) is 30.3 Å². The van der Waals surface area contributed by atoms with Crippen LogP contribution in [-0.4, -0.2) is 8.42 Å². The first-order valence-corrected chi connectivity index (χ1v) is 10.1. The summed E-state index contributed by atoms with van der Waals surface area (Å²) in [5.74, 6) is 0.488. The van der Waals surface area contributed by atoms with E-state index in [9.17, 15) is 8.42 Å². The lowest BCUT2D eigenvalue weighted by atomic mass is 10.2. The Labute approximate surface area is 158 Å². The van der Waals surface area contributed by atoms with Crippen molar-refractivity contribution in [2.24, 2.45) is 0 Å². The standard InChI is InChI=1S/C20H18ClNO3S/c21-20-9-5-4-8-17(20)15-26(23,24)22-18-10-12-19(13-11-18)25-14-16-6-2-1-3-7-16/h1-13,22H,14-15H2. The van der Waals surface area contributed by atoms with Gasteiger partial charge in [0, 0.05) is 10.7 Å². The Kier molecular flexibility index (Phi) is 5.81. The van der Waals surface area contributed by atoms with Crippen LogP contribution in [0, 0.1) is 0 Å². The Hall–Kier alpha value is -2.50. The number of halogens is 1. The van der Waals surface area contributed by atoms with Crippen LogP contribution < -0.4 is 9.46 Å². The van der Waals surface area contributed by atoms with Crippen LogP contribution in [0.3, 0.4) is 0 Å². The maximum Gasteiger partial charge on any atom is 0.236 e. The van der Waals surface area contributed by atoms with Crippen LogP contribution in [0.5, 0.6) is 5.75 Å². The van der Waals surface area contributed by atoms with Gasteiger partial charge in [-0.3, -0.25) is 4.72 Å². The molecule has 0 aliphatic rings. The predicted octanol–water partition coefficient (Wildman–Crippen LogP) is 4.86. The summed E-state index contributed by atoms with van der Waals surface area (Å²) in [5, 5.41) is 0.433. The third kappa shape index (κ3) is 5.25. The van der Waals surface area contributed by atoms with Gasteiger partial charge in [-0.05, 0) is 41.5 Å². The monoisotopic (exact) mass is 387 g/mol. The van der Waals surface area contributed by atoms with Crippen LogP contribution in [-0.2, 0) is 22.4 Å². The van der Waals surface area contributed by atoms with E-state index in [1.165, 1.54) is 0 Å². The zero-order valence-corrected chi connectivity index (χ0v) is 15.5. The van der Waals surface area contributed by atoms with E-state index in [4.69, 9.17) is 16.3 Å². The predicted molar refractivity (Wildman–Crippen MR) is 105 cm³/mol. The second-order valence-corrected chi connectivity index (χ2v) is 7.88. The summed E-state index contributed by atoms with van der Waals surface area (Å²) < 4.78 is 32.9. The minimum atomic E-state index is -3.55. The minimum Gasteiger partial charge on any atom is -0.489 e. The van der Waals surface area contributed by atoms with Gasteiger partial charge in [-0.2, -0.15) is 0 Å². The fourth-order valence-electron chi connectivity index (χ4n) is 2.40. The first kappa shape index (κ1) is 18.3. The van der Waals surface area contributed by atoms with Crippen molar-refractivity contribution in [3.05, 3.63) is 95.0 Å². The molecule has 0 aliphatic carbocycles. The van der Waals surface area contributed by atoms with E-state index < -0.39 is 10.0 Å². The van der Waals surface area contributed by atoms with Crippen molar-refractivity contribution in [1.29, 1.82) is 0 Å². The number of benzene rings is 3. The van der Waals surface area contributed by atoms with Gasteiger partial charge in [-0.25, -0.2) is 8.42 Å². The molecule has 3 aromatic rings. The third-order valence-electron chi connectivity index (χ3n) is 3.68. The fraction of sp³-hybridized carbons (Fsp3) is 0.100. The molecule has 0 aliphatic heterocycles. The molecule has 4 nitrogen and oxygen atoms in total. The maximum absolute atomic E-state index is 12.3. The highest BCUT2D eigenvalue weighted by molar-refractivity contribution is 7.91. The molecule has 0 unspecified atom stereocenters. The Morgan fingerprint density at radius 3 is 2.19 bits per heavy atom. The Morgan fingerprint density at radius 2 is 1.50 bits per heavy atom. The van der Waals surface area contributed by atoms with E-state index in [-0.39, 0.29) is 5.75 Å². The van der Waals surface area contributed by atoms with Gasteiger partial charge in [0.05, 0.1) is 5.75 Å². The molecule has 0 heterocycles. The van der Waals surface area contributed by atoms with E-state index in [0.29, 0.717) is 28.6 Å². The van der Waals surface area contributed by atoms with Crippen molar-refractivity contribution in [2.45, 2.75) is 12.4 Å². The average Bonchev–Trinajstić information content (AvgIpc) is 2.63. The van der Waals surface area contributed by atoms with Gasteiger partial charge in [0.2, 0.25) is 10.0 Å². The summed E-state index contributed by atoms with van der Waals surface area (Å²) in [7, 11) is -3.55. The highest BCUT2D eigenvalue weighted by Crippen LogP contribution is 2.21. The lowest BCUT2D eigenvalue weighted by Gasteiger charge is -2.10. The fourth-order valence-corrected chi connectivity index (χ4v) is 3.91. The Morgan fingerprint density at radius 1 is 0.846 bits per heavy atom. The molecule has 0 saturated heterocycles. The lowest BCUT2D eigenvalue weighted by molar-refractivity contribution is 0.306. The molecular formula is C20H18ClNO3S. The van der Waals surface area contributed by atoms with Gasteiger partial charge in [0.15, 0.2) is 0 Å². The number of hydrogen-bond acceptors (Lipinski definition) is 3. The first-order valence-electron chi connectivity index (χ1n) is 8.02. The number of sulfonamides is 1. The smallest absolute Gasteiger partial charge is 0.236 e. The molecule has 0 fully saturated rings. The lowest BCUT2D eigenvalue weighted by Crippen LogP contribution is -2.15. The van der Waals surface area contributed by atoms with Gasteiger partial charge < -0.3 is 4.74 Å². The van der Waals surface area contributed by atoms with Crippen molar-refractivity contribution >= 4 is 27.3 Å². The highest BCUT2D eigenvalue weighted by Gasteiger charge is 2.13. The number of hydrogen-bond donors (Lipinski definition) is 1. The molecule has 0 amide bonds. The molecule has 134 valence electrons. The molecule has 26 heavy (non-hydrogen) atoms. The van der Waals surface area contributed by atoms with Crippen molar-refractivity contribution in [3.8, 4) is 5.75 Å². The van der Waals surface area contributed by atoms with Crippen molar-refractivity contribution in [3.63, 3.8) is 0 Å². The minimum absolute atomic E-state index is 0.182. The van der Waals surface area contributed by atoms with E-state index >= 15 is 0 Å². The number of nitrogens with one attached hydrogen (secondary N) is 1. The Balaban J connectivity index is 1.60. The van der Waals surface area contributed by atoms with Crippen LogP contribution in [0.4, 0.5) is 5.69 Å². The van der Waals surface area contributed by atoms with Crippen LogP contribution in [0.1, 0.15) is 11.1 Å². The molecule has 0 bridgehead atoms. The molecule has 1 N–H and O–H groups in total. The zero-order chi connectivity index (χ0) is 18.4. The topological polar surface area (TPSA) is 55.4 Å². The quantitative estimate of drug-likeness (QED) is 0.629. The van der Waals surface area contributed by atoms with Crippen LogP contribution in [0.25, 0.3) is 0 Å². The van der Waals surface area contributed by atoms with Crippen molar-refractivity contribution in [2.75, 3.05) is 4.72 Å². The van der Waals surface area contributed by atoms with Gasteiger partial charge in [0.1, 0.15) is 12.4 Å². The molecule has 3 aromatic carbocycles. The van der Waals surface area contributed by atoms with Crippen LogP contribution in [0.15, 0.2) is 78.9 Å². The third-order valence-corrected chi connectivity index (χ3v) is 5.29. The summed E-state index contributed by atoms with van der Waals surface area (Å²) in [5.41, 5.74) is 2.10. The highest BCUT2D eigenvalue weighted by atomic mass is 35.5. The molecule has 0 atom stereocenters. The molecule has 6 heteroatoms. The van der Waals surface area contributed by atoms with Crippen molar-refractivity contribution < 1.29 is 13.2 Å². The van der Waals surface area contributed by atoms with E-state index in [0.717, 1.165) is 5.56 Å². The van der Waals surface area contributed by atoms with Gasteiger partial charge in [-0.15, -0.1) is 0 Å². The summed E-state index contributed by atoms with van der Waals surface area (Å²) in [6, 6.07) is 23.5. The van der Waals surface area contributed by atoms with Gasteiger partial charge in [-0.1, -0.05) is 60.1 Å². The van der Waals surface area contributed by atoms with Crippen LogP contribution >= 0.6 is 11.6 Å². The largest absolute Gasteiger partial charge is 0.489 e. The second kappa shape index (κ2) is 8.25. The molecule has 3 rings (SSSR count). The summed E-state index contributed by atoms with van der Waals surface area (Å²) in [4.78, 5) is 0. The Bertz CT molecular complexity index is 958. The zero-order valence-electron chi connectivity index (χ0n) is 13.9. The van der Waals surface area contributed by atoms with Gasteiger partial charge >= 0.3 is 0 Å². The van der Waals surface area contributed by atoms with E-state index in [1.54, 1.807) is 48.5 Å². The van der Waals surface area contributed by atoms with Crippen LogP contribution in [0.2, 0.25) is 5.02 Å². The maximum atomic E-state index is 12.3. The summed E-state index contributed by atoms with van der Waals surface area (Å²) >= 11 is 6.03. The first-order chi connectivity index (χ1) is 12.5. The molecule has 0 aromatic heterocycles.